The number of hydrogen-bond acceptors (Lipinski definition) is 6. The van der Waals surface area contributed by atoms with Crippen molar-refractivity contribution < 1.29 is 13.2 Å². The van der Waals surface area contributed by atoms with E-state index < -0.39 is 10.0 Å². The molecule has 1 fully saturated rings. The molecule has 2 aromatic rings. The standard InChI is InChI=1S/C21H26N4O3S2/c22-12-4-13-24-30(27,28)18-9-7-17(8-10-18)21(26)23-14-11-20-25-19(15-29-20)16-5-2-1-3-6-16/h7-10,15-16,24H,1-6,11,13-14H2,(H,23,26). The maximum absolute atomic E-state index is 12.3. The van der Waals surface area contributed by atoms with Crippen molar-refractivity contribution >= 4 is 27.3 Å². The Labute approximate surface area is 181 Å². The summed E-state index contributed by atoms with van der Waals surface area (Å²) in [5, 5.41) is 14.5. The van der Waals surface area contributed by atoms with Crippen LogP contribution in [-0.2, 0) is 16.4 Å². The topological polar surface area (TPSA) is 112 Å². The van der Waals surface area contributed by atoms with E-state index >= 15 is 0 Å². The number of thiazole rings is 1. The molecule has 0 atom stereocenters. The van der Waals surface area contributed by atoms with E-state index in [1.165, 1.54) is 62.1 Å². The maximum Gasteiger partial charge on any atom is 0.251 e. The van der Waals surface area contributed by atoms with Gasteiger partial charge in [-0.1, -0.05) is 19.3 Å². The lowest BCUT2D eigenvalue weighted by molar-refractivity contribution is 0.0954. The molecule has 1 heterocycles. The van der Waals surface area contributed by atoms with Crippen molar-refractivity contribution in [2.24, 2.45) is 0 Å². The molecule has 0 aliphatic heterocycles. The van der Waals surface area contributed by atoms with E-state index in [9.17, 15) is 13.2 Å². The first-order valence-electron chi connectivity index (χ1n) is 10.2. The Hall–Kier alpha value is -2.28. The lowest BCUT2D eigenvalue weighted by atomic mass is 9.87. The van der Waals surface area contributed by atoms with E-state index in [2.05, 4.69) is 15.4 Å². The van der Waals surface area contributed by atoms with Gasteiger partial charge in [-0.2, -0.15) is 5.26 Å². The van der Waals surface area contributed by atoms with Gasteiger partial charge in [0, 0.05) is 42.8 Å². The van der Waals surface area contributed by atoms with Gasteiger partial charge in [-0.25, -0.2) is 18.1 Å². The minimum Gasteiger partial charge on any atom is -0.352 e. The van der Waals surface area contributed by atoms with Crippen LogP contribution in [0.25, 0.3) is 0 Å². The second kappa shape index (κ2) is 10.7. The van der Waals surface area contributed by atoms with Crippen molar-refractivity contribution in [1.29, 1.82) is 5.26 Å². The third-order valence-electron chi connectivity index (χ3n) is 5.17. The van der Waals surface area contributed by atoms with Gasteiger partial charge < -0.3 is 5.32 Å². The molecule has 1 saturated carbocycles. The molecule has 3 rings (SSSR count). The highest BCUT2D eigenvalue weighted by atomic mass is 32.2. The van der Waals surface area contributed by atoms with Crippen molar-refractivity contribution in [3.63, 3.8) is 0 Å². The number of sulfonamides is 1. The molecule has 0 unspecified atom stereocenters. The molecule has 9 heteroatoms. The van der Waals surface area contributed by atoms with Gasteiger partial charge in [0.1, 0.15) is 0 Å². The molecular formula is C21H26N4O3S2. The van der Waals surface area contributed by atoms with Gasteiger partial charge >= 0.3 is 0 Å². The fourth-order valence-corrected chi connectivity index (χ4v) is 5.43. The van der Waals surface area contributed by atoms with Crippen LogP contribution in [0.15, 0.2) is 34.5 Å². The Kier molecular flexibility index (Phi) is 7.96. The van der Waals surface area contributed by atoms with Crippen molar-refractivity contribution in [3.8, 4) is 6.07 Å². The SMILES string of the molecule is N#CCCNS(=O)(=O)c1ccc(C(=O)NCCc2nc(C3CCCCC3)cs2)cc1. The molecule has 30 heavy (non-hydrogen) atoms. The molecule has 2 N–H and O–H groups in total. The number of rotatable bonds is 9. The molecule has 1 aromatic carbocycles. The summed E-state index contributed by atoms with van der Waals surface area (Å²) in [6, 6.07) is 7.63. The number of nitriles is 1. The highest BCUT2D eigenvalue weighted by molar-refractivity contribution is 7.89. The zero-order valence-corrected chi connectivity index (χ0v) is 18.4. The van der Waals surface area contributed by atoms with Gasteiger partial charge in [0.15, 0.2) is 0 Å². The number of carbonyl (C=O) groups excluding carboxylic acids is 1. The molecule has 1 aromatic heterocycles. The van der Waals surface area contributed by atoms with E-state index in [-0.39, 0.29) is 23.8 Å². The van der Waals surface area contributed by atoms with Gasteiger partial charge in [-0.15, -0.1) is 11.3 Å². The van der Waals surface area contributed by atoms with E-state index in [0.29, 0.717) is 24.4 Å². The Morgan fingerprint density at radius 2 is 1.90 bits per heavy atom. The van der Waals surface area contributed by atoms with Crippen LogP contribution in [0.5, 0.6) is 0 Å². The molecule has 160 valence electrons. The fourth-order valence-electron chi connectivity index (χ4n) is 3.52. The summed E-state index contributed by atoms with van der Waals surface area (Å²) in [7, 11) is -3.67. The molecule has 1 amide bonds. The summed E-state index contributed by atoms with van der Waals surface area (Å²) < 4.78 is 26.6. The zero-order chi connectivity index (χ0) is 21.4. The number of aromatic nitrogens is 1. The van der Waals surface area contributed by atoms with Gasteiger partial charge in [-0.05, 0) is 37.1 Å². The summed E-state index contributed by atoms with van der Waals surface area (Å²) in [6.45, 7) is 0.534. The second-order valence-corrected chi connectivity index (χ2v) is 10.0. The average Bonchev–Trinajstić information content (AvgIpc) is 3.23. The minimum absolute atomic E-state index is 0.0558. The number of nitrogens with one attached hydrogen (secondary N) is 2. The number of benzene rings is 1. The lowest BCUT2D eigenvalue weighted by Gasteiger charge is -2.19. The Balaban J connectivity index is 1.48. The van der Waals surface area contributed by atoms with Gasteiger partial charge in [0.2, 0.25) is 10.0 Å². The van der Waals surface area contributed by atoms with E-state index in [0.717, 1.165) is 5.01 Å². The average molecular weight is 447 g/mol. The fraction of sp³-hybridized carbons (Fsp3) is 0.476. The molecule has 0 spiro atoms. The smallest absolute Gasteiger partial charge is 0.251 e. The molecule has 1 aliphatic carbocycles. The van der Waals surface area contributed by atoms with Crippen LogP contribution in [0.4, 0.5) is 0 Å². The summed E-state index contributed by atoms with van der Waals surface area (Å²) in [5.74, 6) is 0.336. The van der Waals surface area contributed by atoms with Gasteiger partial charge in [0.05, 0.1) is 21.7 Å². The van der Waals surface area contributed by atoms with Crippen LogP contribution in [0.2, 0.25) is 0 Å². The Morgan fingerprint density at radius 1 is 1.17 bits per heavy atom. The number of amides is 1. The third-order valence-corrected chi connectivity index (χ3v) is 7.58. The van der Waals surface area contributed by atoms with E-state index in [4.69, 9.17) is 10.2 Å². The highest BCUT2D eigenvalue weighted by Crippen LogP contribution is 2.33. The van der Waals surface area contributed by atoms with E-state index in [1.54, 1.807) is 11.3 Å². The number of nitrogens with zero attached hydrogens (tertiary/aromatic N) is 2. The van der Waals surface area contributed by atoms with Crippen LogP contribution in [0.3, 0.4) is 0 Å². The first-order chi connectivity index (χ1) is 14.5. The quantitative estimate of drug-likeness (QED) is 0.574. The van der Waals surface area contributed by atoms with Crippen molar-refractivity contribution in [2.45, 2.75) is 55.8 Å². The molecule has 0 saturated heterocycles. The van der Waals surface area contributed by atoms with Crippen LogP contribution >= 0.6 is 11.3 Å². The van der Waals surface area contributed by atoms with Crippen molar-refractivity contribution in [2.75, 3.05) is 13.1 Å². The first-order valence-corrected chi connectivity index (χ1v) is 12.5. The number of carbonyl (C=O) groups is 1. The van der Waals surface area contributed by atoms with Crippen LogP contribution < -0.4 is 10.0 Å². The normalized spacial score (nSPS) is 14.9. The largest absolute Gasteiger partial charge is 0.352 e. The van der Waals surface area contributed by atoms with Gasteiger partial charge in [0.25, 0.3) is 5.91 Å². The van der Waals surface area contributed by atoms with Crippen molar-refractivity contribution in [3.05, 3.63) is 45.9 Å². The zero-order valence-electron chi connectivity index (χ0n) is 16.8. The minimum atomic E-state index is -3.67. The molecule has 7 nitrogen and oxygen atoms in total. The Morgan fingerprint density at radius 3 is 2.60 bits per heavy atom. The predicted molar refractivity (Wildman–Crippen MR) is 116 cm³/mol. The maximum atomic E-state index is 12.3. The molecule has 1 aliphatic rings. The Bertz CT molecular complexity index is 988. The van der Waals surface area contributed by atoms with Crippen LogP contribution in [0.1, 0.15) is 65.5 Å². The monoisotopic (exact) mass is 446 g/mol. The van der Waals surface area contributed by atoms with Crippen LogP contribution in [-0.4, -0.2) is 32.4 Å². The highest BCUT2D eigenvalue weighted by Gasteiger charge is 2.18. The molecular weight excluding hydrogens is 420 g/mol. The molecule has 0 bridgehead atoms. The first kappa shape index (κ1) is 22.4. The van der Waals surface area contributed by atoms with Gasteiger partial charge in [-0.3, -0.25) is 4.79 Å². The summed E-state index contributed by atoms with van der Waals surface area (Å²) >= 11 is 1.65. The van der Waals surface area contributed by atoms with E-state index in [1.807, 2.05) is 6.07 Å². The number of hydrogen-bond donors (Lipinski definition) is 2. The summed E-state index contributed by atoms with van der Waals surface area (Å²) in [6.07, 6.45) is 7.11. The van der Waals surface area contributed by atoms with Crippen molar-refractivity contribution in [1.82, 2.24) is 15.0 Å². The molecule has 0 radical (unpaired) electrons. The second-order valence-electron chi connectivity index (χ2n) is 7.34. The van der Waals surface area contributed by atoms with Crippen LogP contribution in [0, 0.1) is 11.3 Å². The lowest BCUT2D eigenvalue weighted by Crippen LogP contribution is -2.26. The summed E-state index contributed by atoms with van der Waals surface area (Å²) in [4.78, 5) is 17.1. The summed E-state index contributed by atoms with van der Waals surface area (Å²) in [5.41, 5.74) is 1.59. The third kappa shape index (κ3) is 6.11. The predicted octanol–water partition coefficient (Wildman–Crippen LogP) is 3.36.